The number of carbonyl (C=O) groups is 2. The van der Waals surface area contributed by atoms with Gasteiger partial charge in [0.05, 0.1) is 6.42 Å². The molecular weight excluding hydrogens is 386 g/mol. The van der Waals surface area contributed by atoms with Gasteiger partial charge in [-0.15, -0.1) is 0 Å². The lowest BCUT2D eigenvalue weighted by Gasteiger charge is -2.02. The number of phenols is 1. The largest absolute Gasteiger partial charge is 0.508 e. The smallest absolute Gasteiger partial charge is 0.163 e. The van der Waals surface area contributed by atoms with Crippen LogP contribution in [0.1, 0.15) is 24.5 Å². The molecule has 0 amide bonds. The van der Waals surface area contributed by atoms with Crippen molar-refractivity contribution in [2.45, 2.75) is 19.9 Å². The molecule has 4 rings (SSSR count). The molecule has 4 nitrogen and oxygen atoms in total. The van der Waals surface area contributed by atoms with Crippen molar-refractivity contribution in [3.05, 3.63) is 90.0 Å². The van der Waals surface area contributed by atoms with Gasteiger partial charge in [0.2, 0.25) is 0 Å². The number of benzene rings is 3. The number of rotatable bonds is 7. The molecule has 1 heterocycles. The fourth-order valence-corrected chi connectivity index (χ4v) is 3.77. The van der Waals surface area contributed by atoms with Crippen molar-refractivity contribution in [1.82, 2.24) is 4.57 Å². The summed E-state index contributed by atoms with van der Waals surface area (Å²) in [6.07, 6.45) is 6.08. The second-order valence-corrected chi connectivity index (χ2v) is 7.41. The van der Waals surface area contributed by atoms with Crippen molar-refractivity contribution >= 4 is 45.5 Å². The van der Waals surface area contributed by atoms with E-state index in [9.17, 15) is 14.7 Å². The van der Waals surface area contributed by atoms with Gasteiger partial charge in [-0.05, 0) is 60.5 Å². The minimum atomic E-state index is -0.260. The van der Waals surface area contributed by atoms with Gasteiger partial charge in [-0.25, -0.2) is 0 Å². The number of hydrogen-bond acceptors (Lipinski definition) is 3. The van der Waals surface area contributed by atoms with Crippen molar-refractivity contribution in [2.75, 3.05) is 0 Å². The van der Waals surface area contributed by atoms with Crippen LogP contribution in [0.5, 0.6) is 5.75 Å². The van der Waals surface area contributed by atoms with Crippen LogP contribution < -0.4 is 0 Å². The number of hydrogen-bond donors (Lipinski definition) is 1. The van der Waals surface area contributed by atoms with Crippen LogP contribution in [0.4, 0.5) is 0 Å². The van der Waals surface area contributed by atoms with Crippen LogP contribution in [0.2, 0.25) is 0 Å². The molecule has 31 heavy (non-hydrogen) atoms. The van der Waals surface area contributed by atoms with Crippen LogP contribution in [0.3, 0.4) is 0 Å². The van der Waals surface area contributed by atoms with Crippen LogP contribution in [0, 0.1) is 0 Å². The van der Waals surface area contributed by atoms with Gasteiger partial charge in [0, 0.05) is 28.4 Å². The Balaban J connectivity index is 1.47. The standard InChI is InChI=1S/C27H23NO3/c1-2-28-26-6-4-3-5-24(26)25-17-20(11-16-27(25)28)10-15-23(31)18-22(30)14-9-19-7-12-21(29)13-8-19/h3-17,29H,2,18H2,1H3. The normalized spacial score (nSPS) is 11.8. The number of aryl methyl sites for hydroxylation is 1. The Bertz CT molecular complexity index is 1320. The summed E-state index contributed by atoms with van der Waals surface area (Å²) in [5.41, 5.74) is 4.07. The zero-order valence-electron chi connectivity index (χ0n) is 17.3. The first kappa shape index (κ1) is 20.4. The van der Waals surface area contributed by atoms with Crippen molar-refractivity contribution in [3.63, 3.8) is 0 Å². The highest BCUT2D eigenvalue weighted by Crippen LogP contribution is 2.30. The maximum atomic E-state index is 12.2. The zero-order chi connectivity index (χ0) is 21.8. The van der Waals surface area contributed by atoms with Gasteiger partial charge in [0.15, 0.2) is 11.6 Å². The molecule has 0 spiro atoms. The summed E-state index contributed by atoms with van der Waals surface area (Å²) in [6, 6.07) is 21.0. The van der Waals surface area contributed by atoms with E-state index in [0.717, 1.165) is 23.1 Å². The number of ketones is 2. The van der Waals surface area contributed by atoms with E-state index >= 15 is 0 Å². The second kappa shape index (κ2) is 8.84. The minimum Gasteiger partial charge on any atom is -0.508 e. The first-order chi connectivity index (χ1) is 15.0. The van der Waals surface area contributed by atoms with Gasteiger partial charge in [-0.3, -0.25) is 9.59 Å². The van der Waals surface area contributed by atoms with Gasteiger partial charge >= 0.3 is 0 Å². The maximum absolute atomic E-state index is 12.2. The lowest BCUT2D eigenvalue weighted by molar-refractivity contribution is -0.121. The lowest BCUT2D eigenvalue weighted by Crippen LogP contribution is -2.01. The topological polar surface area (TPSA) is 59.3 Å². The van der Waals surface area contributed by atoms with E-state index in [1.807, 2.05) is 18.2 Å². The predicted molar refractivity (Wildman–Crippen MR) is 126 cm³/mol. The molecule has 0 unspecified atom stereocenters. The number of aromatic nitrogens is 1. The van der Waals surface area contributed by atoms with E-state index in [-0.39, 0.29) is 23.7 Å². The van der Waals surface area contributed by atoms with E-state index in [4.69, 9.17) is 0 Å². The van der Waals surface area contributed by atoms with Gasteiger partial charge < -0.3 is 9.67 Å². The quantitative estimate of drug-likeness (QED) is 0.311. The molecule has 0 fully saturated rings. The van der Waals surface area contributed by atoms with E-state index in [2.05, 4.69) is 35.8 Å². The summed E-state index contributed by atoms with van der Waals surface area (Å²) in [5, 5.41) is 11.6. The van der Waals surface area contributed by atoms with Crippen LogP contribution in [0.25, 0.3) is 34.0 Å². The average molecular weight is 409 g/mol. The Morgan fingerprint density at radius 2 is 1.42 bits per heavy atom. The number of para-hydroxylation sites is 1. The zero-order valence-corrected chi connectivity index (χ0v) is 17.3. The summed E-state index contributed by atoms with van der Waals surface area (Å²) in [4.78, 5) is 24.3. The number of allylic oxidation sites excluding steroid dienone is 2. The Hall–Kier alpha value is -3.92. The van der Waals surface area contributed by atoms with Crippen molar-refractivity contribution in [3.8, 4) is 5.75 Å². The summed E-state index contributed by atoms with van der Waals surface area (Å²) < 4.78 is 2.28. The molecular formula is C27H23NO3. The second-order valence-electron chi connectivity index (χ2n) is 7.41. The number of nitrogens with zero attached hydrogens (tertiary/aromatic N) is 1. The molecule has 0 atom stereocenters. The van der Waals surface area contributed by atoms with E-state index in [0.29, 0.717) is 0 Å². The molecule has 0 saturated heterocycles. The molecule has 0 bridgehead atoms. The third-order valence-electron chi connectivity index (χ3n) is 5.28. The Morgan fingerprint density at radius 3 is 2.13 bits per heavy atom. The van der Waals surface area contributed by atoms with Crippen LogP contribution in [0.15, 0.2) is 78.9 Å². The molecule has 154 valence electrons. The molecule has 1 aromatic heterocycles. The summed E-state index contributed by atoms with van der Waals surface area (Å²) >= 11 is 0. The maximum Gasteiger partial charge on any atom is 0.163 e. The first-order valence-electron chi connectivity index (χ1n) is 10.3. The number of carbonyl (C=O) groups excluding carboxylic acids is 2. The highest BCUT2D eigenvalue weighted by molar-refractivity contribution is 6.11. The number of fused-ring (bicyclic) bond motifs is 3. The van der Waals surface area contributed by atoms with Crippen LogP contribution >= 0.6 is 0 Å². The molecule has 0 aliphatic heterocycles. The van der Waals surface area contributed by atoms with Crippen LogP contribution in [-0.2, 0) is 16.1 Å². The monoisotopic (exact) mass is 409 g/mol. The average Bonchev–Trinajstić information content (AvgIpc) is 3.10. The molecule has 0 saturated carbocycles. The predicted octanol–water partition coefficient (Wildman–Crippen LogP) is 5.77. The SMILES string of the molecule is CCn1c2ccccc2c2cc(C=CC(=O)CC(=O)C=Cc3ccc(O)cc3)ccc21. The van der Waals surface area contributed by atoms with Crippen molar-refractivity contribution in [2.24, 2.45) is 0 Å². The molecule has 4 heteroatoms. The molecule has 1 N–H and O–H groups in total. The van der Waals surface area contributed by atoms with Crippen LogP contribution in [-0.4, -0.2) is 21.2 Å². The summed E-state index contributed by atoms with van der Waals surface area (Å²) in [6.45, 7) is 3.02. The van der Waals surface area contributed by atoms with Gasteiger partial charge in [0.25, 0.3) is 0 Å². The van der Waals surface area contributed by atoms with Gasteiger partial charge in [-0.2, -0.15) is 0 Å². The highest BCUT2D eigenvalue weighted by atomic mass is 16.3. The van der Waals surface area contributed by atoms with E-state index in [1.165, 1.54) is 28.6 Å². The summed E-state index contributed by atoms with van der Waals surface area (Å²) in [5.74, 6) is -0.332. The minimum absolute atomic E-state index is 0.168. The fourth-order valence-electron chi connectivity index (χ4n) is 3.77. The lowest BCUT2D eigenvalue weighted by atomic mass is 10.1. The fraction of sp³-hybridized carbons (Fsp3) is 0.111. The molecule has 0 aliphatic rings. The van der Waals surface area contributed by atoms with Crippen molar-refractivity contribution in [1.29, 1.82) is 0 Å². The van der Waals surface area contributed by atoms with E-state index < -0.39 is 0 Å². The Labute approximate surface area is 180 Å². The Kier molecular flexibility index (Phi) is 5.80. The molecule has 0 radical (unpaired) electrons. The molecule has 3 aromatic carbocycles. The third-order valence-corrected chi connectivity index (χ3v) is 5.28. The third kappa shape index (κ3) is 4.48. The van der Waals surface area contributed by atoms with Crippen molar-refractivity contribution < 1.29 is 14.7 Å². The first-order valence-corrected chi connectivity index (χ1v) is 10.3. The van der Waals surface area contributed by atoms with Gasteiger partial charge in [-0.1, -0.05) is 48.6 Å². The molecule has 4 aromatic rings. The number of aromatic hydroxyl groups is 1. The molecule has 0 aliphatic carbocycles. The van der Waals surface area contributed by atoms with Gasteiger partial charge in [0.1, 0.15) is 5.75 Å². The highest BCUT2D eigenvalue weighted by Gasteiger charge is 2.09. The Morgan fingerprint density at radius 1 is 0.806 bits per heavy atom. The summed E-state index contributed by atoms with van der Waals surface area (Å²) in [7, 11) is 0. The van der Waals surface area contributed by atoms with E-state index in [1.54, 1.807) is 36.4 Å². The number of phenolic OH excluding ortho intramolecular Hbond substituents is 1.